The van der Waals surface area contributed by atoms with Crippen LogP contribution in [0.15, 0.2) is 18.2 Å². The lowest BCUT2D eigenvalue weighted by Gasteiger charge is -2.28. The summed E-state index contributed by atoms with van der Waals surface area (Å²) >= 11 is 0. The third kappa shape index (κ3) is 2.72. The highest BCUT2D eigenvalue weighted by Crippen LogP contribution is 2.26. The van der Waals surface area contributed by atoms with Crippen molar-refractivity contribution in [1.29, 1.82) is 0 Å². The number of nitrogens with two attached hydrogens (primary N) is 1. The largest absolute Gasteiger partial charge is 0.327 e. The van der Waals surface area contributed by atoms with Crippen LogP contribution in [0.5, 0.6) is 0 Å². The van der Waals surface area contributed by atoms with Gasteiger partial charge in [0.1, 0.15) is 0 Å². The Kier molecular flexibility index (Phi) is 4.02. The molecule has 18 heavy (non-hydrogen) atoms. The van der Waals surface area contributed by atoms with Crippen LogP contribution in [0.4, 0.5) is 5.69 Å². The second kappa shape index (κ2) is 5.53. The van der Waals surface area contributed by atoms with E-state index in [1.165, 1.54) is 0 Å². The van der Waals surface area contributed by atoms with Gasteiger partial charge in [0.15, 0.2) is 0 Å². The SMILES string of the molecule is Cc1cccc(C)c1NC(=O)C1CCCCC1N. The predicted octanol–water partition coefficient (Wildman–Crippen LogP) is 2.76. The summed E-state index contributed by atoms with van der Waals surface area (Å²) in [6, 6.07) is 6.06. The van der Waals surface area contributed by atoms with Gasteiger partial charge in [-0.15, -0.1) is 0 Å². The van der Waals surface area contributed by atoms with E-state index < -0.39 is 0 Å². The van der Waals surface area contributed by atoms with Crippen LogP contribution in [0.1, 0.15) is 36.8 Å². The van der Waals surface area contributed by atoms with Crippen LogP contribution >= 0.6 is 0 Å². The van der Waals surface area contributed by atoms with Crippen molar-refractivity contribution in [2.24, 2.45) is 11.7 Å². The Balaban J connectivity index is 2.11. The monoisotopic (exact) mass is 246 g/mol. The lowest BCUT2D eigenvalue weighted by molar-refractivity contribution is -0.121. The number of amides is 1. The van der Waals surface area contributed by atoms with Crippen molar-refractivity contribution in [3.63, 3.8) is 0 Å². The van der Waals surface area contributed by atoms with E-state index in [-0.39, 0.29) is 17.9 Å². The van der Waals surface area contributed by atoms with Crippen molar-refractivity contribution in [3.8, 4) is 0 Å². The normalized spacial score (nSPS) is 23.7. The minimum Gasteiger partial charge on any atom is -0.327 e. The van der Waals surface area contributed by atoms with Crippen LogP contribution in [0, 0.1) is 19.8 Å². The van der Waals surface area contributed by atoms with Gasteiger partial charge in [-0.3, -0.25) is 4.79 Å². The number of carbonyl (C=O) groups excluding carboxylic acids is 1. The highest BCUT2D eigenvalue weighted by Gasteiger charge is 2.28. The molecule has 3 heteroatoms. The van der Waals surface area contributed by atoms with Crippen molar-refractivity contribution >= 4 is 11.6 Å². The summed E-state index contributed by atoms with van der Waals surface area (Å²) in [4.78, 5) is 12.3. The fourth-order valence-electron chi connectivity index (χ4n) is 2.71. The average molecular weight is 246 g/mol. The summed E-state index contributed by atoms with van der Waals surface area (Å²) in [5.41, 5.74) is 9.20. The van der Waals surface area contributed by atoms with E-state index in [4.69, 9.17) is 5.73 Å². The molecule has 1 aliphatic rings. The number of hydrogen-bond donors (Lipinski definition) is 2. The van der Waals surface area contributed by atoms with Gasteiger partial charge in [-0.25, -0.2) is 0 Å². The first-order valence-electron chi connectivity index (χ1n) is 6.72. The number of rotatable bonds is 2. The smallest absolute Gasteiger partial charge is 0.229 e. The lowest BCUT2D eigenvalue weighted by Crippen LogP contribution is -2.40. The molecule has 1 amide bonds. The highest BCUT2D eigenvalue weighted by atomic mass is 16.1. The molecule has 98 valence electrons. The maximum atomic E-state index is 12.3. The van der Waals surface area contributed by atoms with Crippen LogP contribution in [0.25, 0.3) is 0 Å². The Bertz CT molecular complexity index is 422. The predicted molar refractivity (Wildman–Crippen MR) is 74.5 cm³/mol. The topological polar surface area (TPSA) is 55.1 Å². The number of nitrogens with one attached hydrogen (secondary N) is 1. The van der Waals surface area contributed by atoms with E-state index in [2.05, 4.69) is 5.32 Å². The molecular weight excluding hydrogens is 224 g/mol. The Labute approximate surface area is 109 Å². The minimum absolute atomic E-state index is 0.0167. The van der Waals surface area contributed by atoms with Gasteiger partial charge in [0.05, 0.1) is 5.92 Å². The van der Waals surface area contributed by atoms with Crippen LogP contribution in [-0.4, -0.2) is 11.9 Å². The van der Waals surface area contributed by atoms with Crippen molar-refractivity contribution in [2.45, 2.75) is 45.6 Å². The highest BCUT2D eigenvalue weighted by molar-refractivity contribution is 5.94. The van der Waals surface area contributed by atoms with E-state index in [9.17, 15) is 4.79 Å². The van der Waals surface area contributed by atoms with Crippen molar-refractivity contribution < 1.29 is 4.79 Å². The Morgan fingerprint density at radius 1 is 1.22 bits per heavy atom. The van der Waals surface area contributed by atoms with Gasteiger partial charge in [0, 0.05) is 11.7 Å². The van der Waals surface area contributed by atoms with Gasteiger partial charge >= 0.3 is 0 Å². The second-order valence-electron chi connectivity index (χ2n) is 5.31. The zero-order valence-corrected chi connectivity index (χ0v) is 11.2. The van der Waals surface area contributed by atoms with Crippen molar-refractivity contribution in [3.05, 3.63) is 29.3 Å². The maximum Gasteiger partial charge on any atom is 0.229 e. The molecule has 0 radical (unpaired) electrons. The molecule has 1 aromatic carbocycles. The van der Waals surface area contributed by atoms with Crippen molar-refractivity contribution in [2.75, 3.05) is 5.32 Å². The molecule has 1 aromatic rings. The minimum atomic E-state index is -0.0299. The van der Waals surface area contributed by atoms with E-state index in [0.717, 1.165) is 42.5 Å². The number of aryl methyl sites for hydroxylation is 2. The van der Waals surface area contributed by atoms with E-state index in [1.807, 2.05) is 32.0 Å². The number of para-hydroxylation sites is 1. The molecule has 0 aliphatic heterocycles. The zero-order valence-electron chi connectivity index (χ0n) is 11.2. The van der Waals surface area contributed by atoms with Gasteiger partial charge in [-0.2, -0.15) is 0 Å². The van der Waals surface area contributed by atoms with Gasteiger partial charge in [-0.1, -0.05) is 31.0 Å². The third-order valence-corrected chi connectivity index (χ3v) is 3.89. The number of benzene rings is 1. The summed E-state index contributed by atoms with van der Waals surface area (Å²) in [6.07, 6.45) is 4.13. The molecule has 2 unspecified atom stereocenters. The Morgan fingerprint density at radius 3 is 2.44 bits per heavy atom. The molecule has 3 nitrogen and oxygen atoms in total. The molecule has 2 atom stereocenters. The molecule has 1 saturated carbocycles. The maximum absolute atomic E-state index is 12.3. The number of anilines is 1. The summed E-state index contributed by atoms with van der Waals surface area (Å²) in [7, 11) is 0. The van der Waals surface area contributed by atoms with Crippen LogP contribution < -0.4 is 11.1 Å². The molecule has 0 spiro atoms. The molecule has 0 heterocycles. The van der Waals surface area contributed by atoms with Crippen LogP contribution in [-0.2, 0) is 4.79 Å². The van der Waals surface area contributed by atoms with E-state index in [1.54, 1.807) is 0 Å². The first-order chi connectivity index (χ1) is 8.59. The molecule has 0 aromatic heterocycles. The number of carbonyl (C=O) groups is 1. The van der Waals surface area contributed by atoms with Gasteiger partial charge < -0.3 is 11.1 Å². The van der Waals surface area contributed by atoms with E-state index >= 15 is 0 Å². The Hall–Kier alpha value is -1.35. The summed E-state index contributed by atoms with van der Waals surface area (Å²) in [6.45, 7) is 4.03. The Morgan fingerprint density at radius 2 is 1.83 bits per heavy atom. The first-order valence-corrected chi connectivity index (χ1v) is 6.72. The third-order valence-electron chi connectivity index (χ3n) is 3.89. The average Bonchev–Trinajstić information content (AvgIpc) is 2.34. The quantitative estimate of drug-likeness (QED) is 0.843. The molecule has 3 N–H and O–H groups in total. The number of hydrogen-bond acceptors (Lipinski definition) is 2. The van der Waals surface area contributed by atoms with E-state index in [0.29, 0.717) is 0 Å². The fraction of sp³-hybridized carbons (Fsp3) is 0.533. The summed E-state index contributed by atoms with van der Waals surface area (Å²) < 4.78 is 0. The van der Waals surface area contributed by atoms with Gasteiger partial charge in [0.2, 0.25) is 5.91 Å². The standard InChI is InChI=1S/C15H22N2O/c1-10-6-5-7-11(2)14(10)17-15(18)12-8-3-4-9-13(12)16/h5-7,12-13H,3-4,8-9,16H2,1-2H3,(H,17,18). The summed E-state index contributed by atoms with van der Waals surface area (Å²) in [5, 5.41) is 3.06. The van der Waals surface area contributed by atoms with Gasteiger partial charge in [-0.05, 0) is 37.8 Å². The van der Waals surface area contributed by atoms with Crippen LogP contribution in [0.2, 0.25) is 0 Å². The fourth-order valence-corrected chi connectivity index (χ4v) is 2.71. The van der Waals surface area contributed by atoms with Gasteiger partial charge in [0.25, 0.3) is 0 Å². The second-order valence-corrected chi connectivity index (χ2v) is 5.31. The summed E-state index contributed by atoms with van der Waals surface area (Å²) in [5.74, 6) is 0.0531. The van der Waals surface area contributed by atoms with Crippen LogP contribution in [0.3, 0.4) is 0 Å². The molecule has 1 aliphatic carbocycles. The molecule has 0 bridgehead atoms. The van der Waals surface area contributed by atoms with Crippen molar-refractivity contribution in [1.82, 2.24) is 0 Å². The molecular formula is C15H22N2O. The lowest BCUT2D eigenvalue weighted by atomic mass is 9.84. The zero-order chi connectivity index (χ0) is 13.1. The first kappa shape index (κ1) is 13.1. The molecule has 1 fully saturated rings. The molecule has 0 saturated heterocycles. The molecule has 2 rings (SSSR count).